The molecule has 3 atom stereocenters. The lowest BCUT2D eigenvalue weighted by Gasteiger charge is -2.39. The number of nitrogens with zero attached hydrogens (tertiary/aromatic N) is 4. The number of pyridine rings is 1. The molecule has 6 nitrogen and oxygen atoms in total. The maximum atomic E-state index is 13.8. The number of carbonyl (C=O) groups excluding carboxylic acids is 1. The molecule has 2 aromatic rings. The van der Waals surface area contributed by atoms with Crippen molar-refractivity contribution >= 4 is 11.7 Å². The van der Waals surface area contributed by atoms with E-state index < -0.39 is 12.2 Å². The molecule has 1 amide bonds. The van der Waals surface area contributed by atoms with Crippen LogP contribution < -0.4 is 5.32 Å². The van der Waals surface area contributed by atoms with E-state index in [0.717, 1.165) is 17.5 Å². The molecule has 2 aromatic heterocycles. The van der Waals surface area contributed by atoms with Crippen molar-refractivity contribution in [1.29, 1.82) is 0 Å². The lowest BCUT2D eigenvalue weighted by molar-refractivity contribution is -0.175. The van der Waals surface area contributed by atoms with Gasteiger partial charge in [-0.1, -0.05) is 26.8 Å². The minimum absolute atomic E-state index is 0.0595. The third kappa shape index (κ3) is 4.41. The number of piperidine rings is 1. The van der Waals surface area contributed by atoms with Gasteiger partial charge in [-0.25, -0.2) is 4.68 Å². The Bertz CT molecular complexity index is 935. The summed E-state index contributed by atoms with van der Waals surface area (Å²) in [6.07, 6.45) is -1.31. The molecule has 0 radical (unpaired) electrons. The zero-order chi connectivity index (χ0) is 22.4. The SMILES string of the molecule is CC(C)(C)[C@@H]1C[C@@H](C(F)(F)F)n2nc([C@@H]3CCCN(C(=O)c4ccccn4)C3)cc2N1. The van der Waals surface area contributed by atoms with E-state index in [-0.39, 0.29) is 29.7 Å². The molecular weight excluding hydrogens is 407 g/mol. The standard InChI is InChI=1S/C22H28F3N5O/c1-21(2,3)17-12-18(22(23,24)25)30-19(27-17)11-16(28-30)14-7-6-10-29(13-14)20(31)15-8-4-5-9-26-15/h4-5,8-9,11,14,17-18,27H,6-7,10,12-13H2,1-3H3/t14-,17+,18+/m1/s1. The quantitative estimate of drug-likeness (QED) is 0.747. The van der Waals surface area contributed by atoms with Crippen LogP contribution in [-0.4, -0.2) is 50.9 Å². The Balaban J connectivity index is 1.59. The van der Waals surface area contributed by atoms with Crippen molar-refractivity contribution in [2.24, 2.45) is 5.41 Å². The molecule has 1 fully saturated rings. The number of amides is 1. The van der Waals surface area contributed by atoms with Gasteiger partial charge in [0.2, 0.25) is 0 Å². The summed E-state index contributed by atoms with van der Waals surface area (Å²) in [7, 11) is 0. The minimum Gasteiger partial charge on any atom is -0.367 e. The predicted octanol–water partition coefficient (Wildman–Crippen LogP) is 4.63. The summed E-state index contributed by atoms with van der Waals surface area (Å²) in [6, 6.07) is 4.95. The lowest BCUT2D eigenvalue weighted by Crippen LogP contribution is -2.44. The largest absolute Gasteiger partial charge is 0.410 e. The maximum absolute atomic E-state index is 13.8. The van der Waals surface area contributed by atoms with E-state index in [0.29, 0.717) is 30.3 Å². The number of hydrogen-bond donors (Lipinski definition) is 1. The summed E-state index contributed by atoms with van der Waals surface area (Å²) in [4.78, 5) is 18.6. The number of rotatable bonds is 2. The van der Waals surface area contributed by atoms with Gasteiger partial charge in [-0.15, -0.1) is 0 Å². The molecule has 0 aliphatic carbocycles. The maximum Gasteiger partial charge on any atom is 0.410 e. The second kappa shape index (κ2) is 7.84. The smallest absolute Gasteiger partial charge is 0.367 e. The Morgan fingerprint density at radius 2 is 2.00 bits per heavy atom. The summed E-state index contributed by atoms with van der Waals surface area (Å²) in [5.74, 6) is 0.133. The molecule has 0 bridgehead atoms. The second-order valence-electron chi connectivity index (χ2n) is 9.56. The lowest BCUT2D eigenvalue weighted by atomic mass is 9.82. The molecule has 0 spiro atoms. The molecule has 9 heteroatoms. The monoisotopic (exact) mass is 435 g/mol. The average molecular weight is 435 g/mol. The number of hydrogen-bond acceptors (Lipinski definition) is 4. The van der Waals surface area contributed by atoms with E-state index >= 15 is 0 Å². The Morgan fingerprint density at radius 1 is 1.23 bits per heavy atom. The van der Waals surface area contributed by atoms with Crippen molar-refractivity contribution in [3.05, 3.63) is 41.9 Å². The third-order valence-electron chi connectivity index (χ3n) is 6.27. The highest BCUT2D eigenvalue weighted by Crippen LogP contribution is 2.44. The number of fused-ring (bicyclic) bond motifs is 1. The molecule has 31 heavy (non-hydrogen) atoms. The number of anilines is 1. The zero-order valence-corrected chi connectivity index (χ0v) is 18.0. The molecule has 0 saturated carbocycles. The summed E-state index contributed by atoms with van der Waals surface area (Å²) < 4.78 is 42.6. The molecule has 0 aromatic carbocycles. The number of carbonyl (C=O) groups is 1. The van der Waals surface area contributed by atoms with Gasteiger partial charge in [-0.05, 0) is 36.8 Å². The number of likely N-dealkylation sites (tertiary alicyclic amines) is 1. The van der Waals surface area contributed by atoms with Gasteiger partial charge in [0.1, 0.15) is 11.5 Å². The fourth-order valence-electron chi connectivity index (χ4n) is 4.42. The van der Waals surface area contributed by atoms with E-state index in [2.05, 4.69) is 15.4 Å². The van der Waals surface area contributed by atoms with Gasteiger partial charge >= 0.3 is 6.18 Å². The van der Waals surface area contributed by atoms with Gasteiger partial charge < -0.3 is 10.2 Å². The van der Waals surface area contributed by atoms with Gasteiger partial charge in [0.05, 0.1) is 5.69 Å². The highest BCUT2D eigenvalue weighted by atomic mass is 19.4. The number of aromatic nitrogens is 3. The minimum atomic E-state index is -4.38. The van der Waals surface area contributed by atoms with E-state index in [9.17, 15) is 18.0 Å². The summed E-state index contributed by atoms with van der Waals surface area (Å²) in [5, 5.41) is 7.65. The van der Waals surface area contributed by atoms with E-state index in [4.69, 9.17) is 0 Å². The molecule has 2 aliphatic heterocycles. The Labute approximate surface area is 179 Å². The Morgan fingerprint density at radius 3 is 2.65 bits per heavy atom. The predicted molar refractivity (Wildman–Crippen MR) is 111 cm³/mol. The average Bonchev–Trinajstić information content (AvgIpc) is 3.16. The zero-order valence-electron chi connectivity index (χ0n) is 18.0. The number of nitrogens with one attached hydrogen (secondary N) is 1. The normalized spacial score (nSPS) is 24.5. The molecule has 4 heterocycles. The van der Waals surface area contributed by atoms with Crippen LogP contribution in [0.25, 0.3) is 0 Å². The third-order valence-corrected chi connectivity index (χ3v) is 6.27. The van der Waals surface area contributed by atoms with Gasteiger partial charge in [-0.3, -0.25) is 9.78 Å². The fraction of sp³-hybridized carbons (Fsp3) is 0.591. The van der Waals surface area contributed by atoms with Crippen LogP contribution in [0.5, 0.6) is 0 Å². The van der Waals surface area contributed by atoms with Crippen LogP contribution in [0, 0.1) is 5.41 Å². The molecule has 168 valence electrons. The van der Waals surface area contributed by atoms with Crippen LogP contribution in [-0.2, 0) is 0 Å². The van der Waals surface area contributed by atoms with Crippen LogP contribution in [0.3, 0.4) is 0 Å². The number of halogens is 3. The highest BCUT2D eigenvalue weighted by molar-refractivity contribution is 5.92. The molecule has 0 unspecified atom stereocenters. The van der Waals surface area contributed by atoms with E-state index in [1.54, 1.807) is 35.4 Å². The van der Waals surface area contributed by atoms with Crippen LogP contribution in [0.1, 0.15) is 68.2 Å². The van der Waals surface area contributed by atoms with Crippen LogP contribution in [0.4, 0.5) is 19.0 Å². The van der Waals surface area contributed by atoms with Crippen molar-refractivity contribution in [3.63, 3.8) is 0 Å². The van der Waals surface area contributed by atoms with Gasteiger partial charge in [-0.2, -0.15) is 18.3 Å². The van der Waals surface area contributed by atoms with Crippen molar-refractivity contribution in [1.82, 2.24) is 19.7 Å². The van der Waals surface area contributed by atoms with Crippen molar-refractivity contribution in [3.8, 4) is 0 Å². The summed E-state index contributed by atoms with van der Waals surface area (Å²) in [6.45, 7) is 6.84. The van der Waals surface area contributed by atoms with Crippen molar-refractivity contribution < 1.29 is 18.0 Å². The van der Waals surface area contributed by atoms with E-state index in [1.165, 1.54) is 0 Å². The highest BCUT2D eigenvalue weighted by Gasteiger charge is 2.48. The van der Waals surface area contributed by atoms with Gasteiger partial charge in [0.15, 0.2) is 6.04 Å². The van der Waals surface area contributed by atoms with E-state index in [1.807, 2.05) is 20.8 Å². The summed E-state index contributed by atoms with van der Waals surface area (Å²) >= 11 is 0. The molecular formula is C22H28F3N5O. The Kier molecular flexibility index (Phi) is 5.47. The molecule has 4 rings (SSSR count). The van der Waals surface area contributed by atoms with Crippen LogP contribution in [0.15, 0.2) is 30.5 Å². The Hall–Kier alpha value is -2.58. The van der Waals surface area contributed by atoms with Crippen LogP contribution >= 0.6 is 0 Å². The summed E-state index contributed by atoms with van der Waals surface area (Å²) in [5.41, 5.74) is 0.652. The van der Waals surface area contributed by atoms with Crippen molar-refractivity contribution in [2.45, 2.75) is 64.2 Å². The molecule has 2 aliphatic rings. The first-order valence-corrected chi connectivity index (χ1v) is 10.7. The van der Waals surface area contributed by atoms with Crippen LogP contribution in [0.2, 0.25) is 0 Å². The topological polar surface area (TPSA) is 63.1 Å². The van der Waals surface area contributed by atoms with Gasteiger partial charge in [0, 0.05) is 37.3 Å². The first kappa shape index (κ1) is 21.6. The molecule has 1 N–H and O–H groups in total. The molecule has 1 saturated heterocycles. The first-order chi connectivity index (χ1) is 14.5. The fourth-order valence-corrected chi connectivity index (χ4v) is 4.42. The number of alkyl halides is 3. The first-order valence-electron chi connectivity index (χ1n) is 10.7. The van der Waals surface area contributed by atoms with Crippen molar-refractivity contribution in [2.75, 3.05) is 18.4 Å². The second-order valence-corrected chi connectivity index (χ2v) is 9.56. The van der Waals surface area contributed by atoms with Gasteiger partial charge in [0.25, 0.3) is 5.91 Å².